The minimum absolute atomic E-state index is 0.244. The molecule has 0 aliphatic carbocycles. The summed E-state index contributed by atoms with van der Waals surface area (Å²) in [7, 11) is 0. The standard InChI is InChI=1S/C13H15F3OS/c1-2-3-4-7-18-11-6-5-10(9-17)12(8-11)13(14,15)16/h5-6,8-9H,2-4,7H2,1H3. The van der Waals surface area contributed by atoms with Crippen molar-refractivity contribution in [1.82, 2.24) is 0 Å². The van der Waals surface area contributed by atoms with Gasteiger partial charge in [0.25, 0.3) is 0 Å². The largest absolute Gasteiger partial charge is 0.417 e. The number of benzene rings is 1. The van der Waals surface area contributed by atoms with Crippen molar-refractivity contribution in [2.45, 2.75) is 37.3 Å². The van der Waals surface area contributed by atoms with E-state index in [0.29, 0.717) is 4.90 Å². The summed E-state index contributed by atoms with van der Waals surface area (Å²) in [6.07, 6.45) is -1.09. The van der Waals surface area contributed by atoms with Crippen molar-refractivity contribution in [2.75, 3.05) is 5.75 Å². The lowest BCUT2D eigenvalue weighted by Gasteiger charge is -2.11. The highest BCUT2D eigenvalue weighted by molar-refractivity contribution is 7.99. The Morgan fingerprint density at radius 3 is 2.56 bits per heavy atom. The van der Waals surface area contributed by atoms with Crippen LogP contribution in [0.25, 0.3) is 0 Å². The van der Waals surface area contributed by atoms with E-state index < -0.39 is 11.7 Å². The first kappa shape index (κ1) is 15.1. The predicted molar refractivity (Wildman–Crippen MR) is 67.1 cm³/mol. The molecule has 18 heavy (non-hydrogen) atoms. The monoisotopic (exact) mass is 276 g/mol. The smallest absolute Gasteiger partial charge is 0.298 e. The third kappa shape index (κ3) is 4.37. The Kier molecular flexibility index (Phi) is 5.72. The number of carbonyl (C=O) groups excluding carboxylic acids is 1. The van der Waals surface area contributed by atoms with Crippen molar-refractivity contribution >= 4 is 18.0 Å². The molecular weight excluding hydrogens is 261 g/mol. The fraction of sp³-hybridized carbons (Fsp3) is 0.462. The fourth-order valence-corrected chi connectivity index (χ4v) is 2.47. The predicted octanol–water partition coefficient (Wildman–Crippen LogP) is 4.80. The van der Waals surface area contributed by atoms with Crippen LogP contribution in [0.5, 0.6) is 0 Å². The molecule has 100 valence electrons. The van der Waals surface area contributed by atoms with Gasteiger partial charge >= 0.3 is 6.18 Å². The van der Waals surface area contributed by atoms with E-state index in [1.165, 1.54) is 17.8 Å². The highest BCUT2D eigenvalue weighted by Crippen LogP contribution is 2.34. The van der Waals surface area contributed by atoms with Crippen molar-refractivity contribution in [3.05, 3.63) is 29.3 Å². The molecule has 0 fully saturated rings. The number of hydrogen-bond acceptors (Lipinski definition) is 2. The summed E-state index contributed by atoms with van der Waals surface area (Å²) in [6.45, 7) is 2.07. The van der Waals surface area contributed by atoms with Crippen LogP contribution in [0, 0.1) is 0 Å². The first-order valence-electron chi connectivity index (χ1n) is 5.78. The van der Waals surface area contributed by atoms with Crippen LogP contribution in [0.2, 0.25) is 0 Å². The zero-order valence-corrected chi connectivity index (χ0v) is 10.9. The van der Waals surface area contributed by atoms with Gasteiger partial charge in [0.15, 0.2) is 6.29 Å². The lowest BCUT2D eigenvalue weighted by molar-refractivity contribution is -0.138. The summed E-state index contributed by atoms with van der Waals surface area (Å²) >= 11 is 1.39. The van der Waals surface area contributed by atoms with Crippen molar-refractivity contribution in [3.8, 4) is 0 Å². The molecule has 1 nitrogen and oxygen atoms in total. The Labute approximate surface area is 109 Å². The summed E-state index contributed by atoms with van der Waals surface area (Å²) in [4.78, 5) is 11.1. The molecule has 0 unspecified atom stereocenters. The van der Waals surface area contributed by atoms with Gasteiger partial charge in [-0.25, -0.2) is 0 Å². The molecule has 0 aliphatic heterocycles. The van der Waals surface area contributed by atoms with Crippen LogP contribution in [0.1, 0.15) is 42.1 Å². The number of carbonyl (C=O) groups is 1. The van der Waals surface area contributed by atoms with Crippen LogP contribution in [0.4, 0.5) is 13.2 Å². The summed E-state index contributed by atoms with van der Waals surface area (Å²) in [5, 5.41) is 0. The Bertz CT molecular complexity index is 402. The van der Waals surface area contributed by atoms with Crippen LogP contribution in [-0.2, 0) is 6.18 Å². The van der Waals surface area contributed by atoms with Crippen molar-refractivity contribution in [3.63, 3.8) is 0 Å². The minimum Gasteiger partial charge on any atom is -0.298 e. The number of thioether (sulfide) groups is 1. The highest BCUT2D eigenvalue weighted by Gasteiger charge is 2.33. The highest BCUT2D eigenvalue weighted by atomic mass is 32.2. The Morgan fingerprint density at radius 2 is 2.00 bits per heavy atom. The third-order valence-electron chi connectivity index (χ3n) is 2.47. The Balaban J connectivity index is 2.80. The maximum Gasteiger partial charge on any atom is 0.417 e. The van der Waals surface area contributed by atoms with E-state index >= 15 is 0 Å². The number of halogens is 3. The van der Waals surface area contributed by atoms with E-state index in [-0.39, 0.29) is 11.8 Å². The molecule has 0 saturated heterocycles. The third-order valence-corrected chi connectivity index (χ3v) is 3.55. The normalized spacial score (nSPS) is 11.6. The molecule has 1 aromatic carbocycles. The van der Waals surface area contributed by atoms with Gasteiger partial charge in [-0.1, -0.05) is 19.8 Å². The summed E-state index contributed by atoms with van der Waals surface area (Å²) < 4.78 is 38.1. The zero-order valence-electron chi connectivity index (χ0n) is 10.1. The Morgan fingerprint density at radius 1 is 1.28 bits per heavy atom. The van der Waals surface area contributed by atoms with E-state index in [1.54, 1.807) is 6.07 Å². The van der Waals surface area contributed by atoms with E-state index in [1.807, 2.05) is 0 Å². The molecule has 0 aromatic heterocycles. The van der Waals surface area contributed by atoms with Crippen LogP contribution in [0.15, 0.2) is 23.1 Å². The second-order valence-corrected chi connectivity index (χ2v) is 5.09. The molecule has 0 amide bonds. The first-order valence-corrected chi connectivity index (χ1v) is 6.76. The lowest BCUT2D eigenvalue weighted by Crippen LogP contribution is -2.08. The average Bonchev–Trinajstić information content (AvgIpc) is 2.33. The molecular formula is C13H15F3OS. The van der Waals surface area contributed by atoms with Gasteiger partial charge in [0.1, 0.15) is 0 Å². The van der Waals surface area contributed by atoms with Crippen molar-refractivity contribution in [1.29, 1.82) is 0 Å². The van der Waals surface area contributed by atoms with E-state index in [9.17, 15) is 18.0 Å². The molecule has 0 heterocycles. The van der Waals surface area contributed by atoms with Crippen LogP contribution < -0.4 is 0 Å². The molecule has 0 radical (unpaired) electrons. The molecule has 0 aliphatic rings. The van der Waals surface area contributed by atoms with Gasteiger partial charge in [-0.05, 0) is 30.4 Å². The maximum absolute atomic E-state index is 12.7. The molecule has 0 saturated carbocycles. The van der Waals surface area contributed by atoms with Gasteiger partial charge in [0, 0.05) is 10.5 Å². The van der Waals surface area contributed by atoms with Crippen LogP contribution in [0.3, 0.4) is 0 Å². The quantitative estimate of drug-likeness (QED) is 0.422. The number of hydrogen-bond donors (Lipinski definition) is 0. The average molecular weight is 276 g/mol. The summed E-state index contributed by atoms with van der Waals surface area (Å²) in [5.74, 6) is 0.797. The van der Waals surface area contributed by atoms with Crippen LogP contribution >= 0.6 is 11.8 Å². The first-order chi connectivity index (χ1) is 8.49. The van der Waals surface area contributed by atoms with E-state index in [4.69, 9.17) is 0 Å². The molecule has 0 spiro atoms. The number of rotatable bonds is 6. The summed E-state index contributed by atoms with van der Waals surface area (Å²) in [5.41, 5.74) is -1.15. The second-order valence-electron chi connectivity index (χ2n) is 3.92. The van der Waals surface area contributed by atoms with Gasteiger partial charge in [0.2, 0.25) is 0 Å². The molecule has 5 heteroatoms. The Hall–Kier alpha value is -0.970. The molecule has 0 N–H and O–H groups in total. The number of unbranched alkanes of at least 4 members (excludes halogenated alkanes) is 2. The van der Waals surface area contributed by atoms with Gasteiger partial charge in [-0.15, -0.1) is 11.8 Å². The van der Waals surface area contributed by atoms with Gasteiger partial charge < -0.3 is 0 Å². The topological polar surface area (TPSA) is 17.1 Å². The maximum atomic E-state index is 12.7. The molecule has 1 rings (SSSR count). The van der Waals surface area contributed by atoms with Crippen LogP contribution in [-0.4, -0.2) is 12.0 Å². The molecule has 0 atom stereocenters. The fourth-order valence-electron chi connectivity index (χ4n) is 1.52. The van der Waals surface area contributed by atoms with Gasteiger partial charge in [-0.3, -0.25) is 4.79 Å². The molecule has 0 bridgehead atoms. The number of alkyl halides is 3. The second kappa shape index (κ2) is 6.83. The van der Waals surface area contributed by atoms with Crippen molar-refractivity contribution < 1.29 is 18.0 Å². The SMILES string of the molecule is CCCCCSc1ccc(C=O)c(C(F)(F)F)c1. The van der Waals surface area contributed by atoms with E-state index in [0.717, 1.165) is 31.1 Å². The van der Waals surface area contributed by atoms with Crippen molar-refractivity contribution in [2.24, 2.45) is 0 Å². The van der Waals surface area contributed by atoms with Gasteiger partial charge in [-0.2, -0.15) is 13.2 Å². The number of aldehydes is 1. The van der Waals surface area contributed by atoms with E-state index in [2.05, 4.69) is 6.92 Å². The molecule has 1 aromatic rings. The lowest BCUT2D eigenvalue weighted by atomic mass is 10.1. The minimum atomic E-state index is -4.48. The summed E-state index contributed by atoms with van der Waals surface area (Å²) in [6, 6.07) is 3.86. The van der Waals surface area contributed by atoms with Gasteiger partial charge in [0.05, 0.1) is 5.56 Å². The zero-order chi connectivity index (χ0) is 13.6.